The van der Waals surface area contributed by atoms with Crippen molar-refractivity contribution in [2.75, 3.05) is 11.5 Å². The van der Waals surface area contributed by atoms with Crippen LogP contribution in [0.4, 0.5) is 0 Å². The van der Waals surface area contributed by atoms with Crippen LogP contribution in [0.15, 0.2) is 0 Å². The third-order valence-corrected chi connectivity index (χ3v) is 5.16. The minimum atomic E-state index is -2.25. The monoisotopic (exact) mass is 216 g/mol. The van der Waals surface area contributed by atoms with Crippen LogP contribution < -0.4 is 0 Å². The number of nitrogens with one attached hydrogen (secondary N) is 1. The van der Waals surface area contributed by atoms with Crippen molar-refractivity contribution in [2.45, 2.75) is 51.2 Å². The molecule has 2 bridgehead atoms. The molecular formula is C10H20N2OS. The molecule has 2 atom stereocenters. The lowest BCUT2D eigenvalue weighted by Crippen LogP contribution is -2.56. The number of fused-ring (bicyclic) bond motifs is 2. The van der Waals surface area contributed by atoms with E-state index in [1.54, 1.807) is 0 Å². The van der Waals surface area contributed by atoms with E-state index in [-0.39, 0.29) is 5.54 Å². The van der Waals surface area contributed by atoms with E-state index in [0.717, 1.165) is 12.8 Å². The topological polar surface area (TPSA) is 44.2 Å². The fraction of sp³-hybridized carbons (Fsp3) is 1.00. The van der Waals surface area contributed by atoms with Gasteiger partial charge < -0.3 is 0 Å². The summed E-state index contributed by atoms with van der Waals surface area (Å²) in [5.74, 6) is 1.20. The second-order valence-electron chi connectivity index (χ2n) is 5.61. The lowest BCUT2D eigenvalue weighted by molar-refractivity contribution is 0.0886. The summed E-state index contributed by atoms with van der Waals surface area (Å²) < 4.78 is 19.5. The molecule has 0 spiro atoms. The van der Waals surface area contributed by atoms with Gasteiger partial charge in [-0.2, -0.15) is 0 Å². The van der Waals surface area contributed by atoms with Crippen LogP contribution >= 0.6 is 0 Å². The molecule has 0 aliphatic carbocycles. The molecular weight excluding hydrogens is 196 g/mol. The maximum Gasteiger partial charge on any atom is 0.0472 e. The molecule has 0 aromatic carbocycles. The highest BCUT2D eigenvalue weighted by Crippen LogP contribution is 2.36. The van der Waals surface area contributed by atoms with Crippen molar-refractivity contribution in [1.29, 1.82) is 4.78 Å². The molecule has 3 nitrogen and oxygen atoms in total. The molecule has 0 amide bonds. The van der Waals surface area contributed by atoms with E-state index in [1.165, 1.54) is 0 Å². The summed E-state index contributed by atoms with van der Waals surface area (Å²) in [5.41, 5.74) is 0.168. The zero-order valence-electron chi connectivity index (χ0n) is 9.25. The Bertz CT molecular complexity index is 309. The Kier molecular flexibility index (Phi) is 2.20. The highest BCUT2D eigenvalue weighted by molar-refractivity contribution is 7.92. The van der Waals surface area contributed by atoms with E-state index in [4.69, 9.17) is 4.78 Å². The molecule has 2 heterocycles. The van der Waals surface area contributed by atoms with E-state index >= 15 is 0 Å². The van der Waals surface area contributed by atoms with Crippen molar-refractivity contribution in [1.82, 2.24) is 4.90 Å². The van der Waals surface area contributed by atoms with Gasteiger partial charge in [0.05, 0.1) is 0 Å². The van der Waals surface area contributed by atoms with Gasteiger partial charge in [-0.25, -0.2) is 4.21 Å². The molecule has 14 heavy (non-hydrogen) atoms. The van der Waals surface area contributed by atoms with Gasteiger partial charge in [0.25, 0.3) is 0 Å². The van der Waals surface area contributed by atoms with Gasteiger partial charge in [0.1, 0.15) is 0 Å². The molecule has 0 radical (unpaired) electrons. The Balaban J connectivity index is 2.27. The summed E-state index contributed by atoms with van der Waals surface area (Å²) in [6.07, 6.45) is 2.27. The molecule has 1 N–H and O–H groups in total. The summed E-state index contributed by atoms with van der Waals surface area (Å²) in [6.45, 7) is 6.65. The standard InChI is InChI=1S/C10H20N2OS/c1-10(2,3)12-8-4-5-9(12)7-14(11,13)6-8/h8-9,11H,4-7H2,1-3H3. The molecule has 0 saturated carbocycles. The van der Waals surface area contributed by atoms with Crippen LogP contribution in [0.3, 0.4) is 0 Å². The first-order valence-corrected chi connectivity index (χ1v) is 7.22. The highest BCUT2D eigenvalue weighted by atomic mass is 32.2. The van der Waals surface area contributed by atoms with Gasteiger partial charge in [-0.1, -0.05) is 0 Å². The number of nitrogens with zero attached hydrogens (tertiary/aromatic N) is 1. The van der Waals surface area contributed by atoms with E-state index in [9.17, 15) is 4.21 Å². The highest BCUT2D eigenvalue weighted by Gasteiger charge is 2.45. The van der Waals surface area contributed by atoms with E-state index in [1.807, 2.05) is 0 Å². The first-order chi connectivity index (χ1) is 6.30. The van der Waals surface area contributed by atoms with Gasteiger partial charge in [0, 0.05) is 38.9 Å². The molecule has 4 heteroatoms. The second-order valence-corrected chi connectivity index (χ2v) is 7.90. The summed E-state index contributed by atoms with van der Waals surface area (Å²) in [6, 6.07) is 0.803. The normalized spacial score (nSPS) is 44.2. The predicted molar refractivity (Wildman–Crippen MR) is 59.0 cm³/mol. The first-order valence-electron chi connectivity index (χ1n) is 5.32. The number of hydrogen-bond donors (Lipinski definition) is 1. The van der Waals surface area contributed by atoms with Crippen molar-refractivity contribution < 1.29 is 4.21 Å². The maximum absolute atomic E-state index is 11.8. The molecule has 2 aliphatic rings. The van der Waals surface area contributed by atoms with Crippen LogP contribution in [-0.4, -0.2) is 38.2 Å². The molecule has 2 saturated heterocycles. The summed E-state index contributed by atoms with van der Waals surface area (Å²) in [7, 11) is -2.25. The number of rotatable bonds is 0. The lowest BCUT2D eigenvalue weighted by Gasteiger charge is -2.44. The second kappa shape index (κ2) is 2.95. The summed E-state index contributed by atoms with van der Waals surface area (Å²) in [5, 5.41) is 0. The van der Waals surface area contributed by atoms with Gasteiger partial charge in [-0.05, 0) is 33.6 Å². The molecule has 2 unspecified atom stereocenters. The zero-order chi connectivity index (χ0) is 10.6. The fourth-order valence-corrected chi connectivity index (χ4v) is 5.11. The van der Waals surface area contributed by atoms with Gasteiger partial charge in [0.15, 0.2) is 0 Å². The quantitative estimate of drug-likeness (QED) is 0.669. The third kappa shape index (κ3) is 1.70. The Morgan fingerprint density at radius 2 is 1.64 bits per heavy atom. The molecule has 2 aliphatic heterocycles. The third-order valence-electron chi connectivity index (χ3n) is 3.32. The average Bonchev–Trinajstić information content (AvgIpc) is 2.22. The average molecular weight is 216 g/mol. The largest absolute Gasteiger partial charge is 0.291 e. The van der Waals surface area contributed by atoms with Crippen molar-refractivity contribution in [3.63, 3.8) is 0 Å². The van der Waals surface area contributed by atoms with Crippen LogP contribution in [0.25, 0.3) is 0 Å². The zero-order valence-corrected chi connectivity index (χ0v) is 10.1. The van der Waals surface area contributed by atoms with Gasteiger partial charge >= 0.3 is 0 Å². The molecule has 2 rings (SSSR count). The predicted octanol–water partition coefficient (Wildman–Crippen LogP) is 1.68. The SMILES string of the molecule is CC(C)(C)N1C2CCC1CS(=N)(=O)C2. The van der Waals surface area contributed by atoms with Gasteiger partial charge in [-0.3, -0.25) is 9.68 Å². The Morgan fingerprint density at radius 3 is 2.00 bits per heavy atom. The van der Waals surface area contributed by atoms with Crippen LogP contribution in [-0.2, 0) is 9.73 Å². The minimum Gasteiger partial charge on any atom is -0.291 e. The number of hydrogen-bond acceptors (Lipinski definition) is 3. The molecule has 0 aromatic rings. The lowest BCUT2D eigenvalue weighted by atomic mass is 10.0. The van der Waals surface area contributed by atoms with E-state index in [0.29, 0.717) is 23.6 Å². The van der Waals surface area contributed by atoms with E-state index in [2.05, 4.69) is 25.7 Å². The Labute approximate surface area is 86.8 Å². The Morgan fingerprint density at radius 1 is 1.21 bits per heavy atom. The Hall–Kier alpha value is -0.0900. The summed E-state index contributed by atoms with van der Waals surface area (Å²) >= 11 is 0. The van der Waals surface area contributed by atoms with Crippen molar-refractivity contribution in [2.24, 2.45) is 0 Å². The molecule has 0 aromatic heterocycles. The van der Waals surface area contributed by atoms with Crippen LogP contribution in [0.5, 0.6) is 0 Å². The molecule has 82 valence electrons. The minimum absolute atomic E-state index is 0.168. The van der Waals surface area contributed by atoms with Crippen molar-refractivity contribution in [3.05, 3.63) is 0 Å². The van der Waals surface area contributed by atoms with Crippen molar-refractivity contribution >= 4 is 9.73 Å². The van der Waals surface area contributed by atoms with Gasteiger partial charge in [0.2, 0.25) is 0 Å². The van der Waals surface area contributed by atoms with E-state index < -0.39 is 9.73 Å². The maximum atomic E-state index is 11.8. The van der Waals surface area contributed by atoms with Crippen LogP contribution in [0.2, 0.25) is 0 Å². The first kappa shape index (κ1) is 10.4. The smallest absolute Gasteiger partial charge is 0.0472 e. The fourth-order valence-electron chi connectivity index (χ4n) is 3.07. The van der Waals surface area contributed by atoms with Gasteiger partial charge in [-0.15, -0.1) is 0 Å². The molecule has 2 fully saturated rings. The van der Waals surface area contributed by atoms with Crippen molar-refractivity contribution in [3.8, 4) is 0 Å². The van der Waals surface area contributed by atoms with Crippen LogP contribution in [0, 0.1) is 4.78 Å². The summed E-state index contributed by atoms with van der Waals surface area (Å²) in [4.78, 5) is 2.49. The van der Waals surface area contributed by atoms with Crippen LogP contribution in [0.1, 0.15) is 33.6 Å².